The first-order valence-electron chi connectivity index (χ1n) is 8.58. The van der Waals surface area contributed by atoms with Crippen molar-refractivity contribution in [2.24, 2.45) is 0 Å². The van der Waals surface area contributed by atoms with E-state index in [0.29, 0.717) is 26.0 Å². The van der Waals surface area contributed by atoms with Crippen LogP contribution in [0.5, 0.6) is 5.75 Å². The molecule has 0 atom stereocenters. The summed E-state index contributed by atoms with van der Waals surface area (Å²) < 4.78 is 6.49. The maximum atomic E-state index is 11.9. The van der Waals surface area contributed by atoms with E-state index in [-0.39, 0.29) is 11.8 Å². The zero-order valence-corrected chi connectivity index (χ0v) is 15.5. The molecule has 0 unspecified atom stereocenters. The van der Waals surface area contributed by atoms with Gasteiger partial charge in [-0.2, -0.15) is 0 Å². The molecule has 0 radical (unpaired) electrons. The summed E-state index contributed by atoms with van der Waals surface area (Å²) in [5, 5.41) is 2.88. The highest BCUT2D eigenvalue weighted by Crippen LogP contribution is 2.17. The third kappa shape index (κ3) is 6.91. The molecular weight excluding hydrogens is 372 g/mol. The molecule has 0 spiro atoms. The van der Waals surface area contributed by atoms with Crippen LogP contribution in [0.25, 0.3) is 0 Å². The van der Waals surface area contributed by atoms with E-state index in [9.17, 15) is 9.59 Å². The number of hydrogen-bond donors (Lipinski definition) is 1. The average Bonchev–Trinajstić information content (AvgIpc) is 2.76. The Kier molecular flexibility index (Phi) is 8.08. The molecule has 2 rings (SSSR count). The molecule has 1 aromatic carbocycles. The minimum Gasteiger partial charge on any atom is -0.493 e. The van der Waals surface area contributed by atoms with Gasteiger partial charge >= 0.3 is 0 Å². The standard InChI is InChI=1S/C18H25BrN2O3/c19-15-6-4-7-16(14-15)24-13-9-17(22)20-10-5-12-21-11-3-1-2-8-18(21)23/h4,6-7,14H,1-3,5,8-13H2,(H,20,22). The number of amides is 2. The van der Waals surface area contributed by atoms with E-state index in [1.54, 1.807) is 0 Å². The Morgan fingerprint density at radius 2 is 2.17 bits per heavy atom. The second-order valence-electron chi connectivity index (χ2n) is 5.95. The van der Waals surface area contributed by atoms with Crippen LogP contribution in [-0.4, -0.2) is 43.0 Å². The third-order valence-electron chi connectivity index (χ3n) is 3.99. The van der Waals surface area contributed by atoms with Gasteiger partial charge in [0.15, 0.2) is 0 Å². The van der Waals surface area contributed by atoms with Crippen molar-refractivity contribution < 1.29 is 14.3 Å². The molecule has 0 saturated carbocycles. The molecule has 24 heavy (non-hydrogen) atoms. The number of nitrogens with zero attached hydrogens (tertiary/aromatic N) is 1. The minimum atomic E-state index is -0.0211. The van der Waals surface area contributed by atoms with Crippen LogP contribution in [0, 0.1) is 0 Å². The van der Waals surface area contributed by atoms with Gasteiger partial charge in [-0.05, 0) is 37.5 Å². The Morgan fingerprint density at radius 3 is 3.00 bits per heavy atom. The Morgan fingerprint density at radius 1 is 1.29 bits per heavy atom. The highest BCUT2D eigenvalue weighted by atomic mass is 79.9. The third-order valence-corrected chi connectivity index (χ3v) is 4.49. The van der Waals surface area contributed by atoms with Gasteiger partial charge in [-0.15, -0.1) is 0 Å². The normalized spacial score (nSPS) is 15.0. The van der Waals surface area contributed by atoms with Crippen LogP contribution in [0.1, 0.15) is 38.5 Å². The number of halogens is 1. The smallest absolute Gasteiger partial charge is 0.223 e. The second-order valence-corrected chi connectivity index (χ2v) is 6.87. The van der Waals surface area contributed by atoms with Gasteiger partial charge in [-0.3, -0.25) is 9.59 Å². The zero-order chi connectivity index (χ0) is 17.2. The number of rotatable bonds is 8. The first-order valence-corrected chi connectivity index (χ1v) is 9.37. The lowest BCUT2D eigenvalue weighted by Gasteiger charge is -2.20. The molecule has 0 bridgehead atoms. The van der Waals surface area contributed by atoms with Crippen molar-refractivity contribution in [1.82, 2.24) is 10.2 Å². The fourth-order valence-electron chi connectivity index (χ4n) is 2.68. The summed E-state index contributed by atoms with van der Waals surface area (Å²) in [6.07, 6.45) is 5.02. The molecule has 0 aliphatic carbocycles. The fourth-order valence-corrected chi connectivity index (χ4v) is 3.06. The number of nitrogens with one attached hydrogen (secondary N) is 1. The molecule has 1 fully saturated rings. The van der Waals surface area contributed by atoms with Crippen LogP contribution in [0.15, 0.2) is 28.7 Å². The van der Waals surface area contributed by atoms with Crippen molar-refractivity contribution in [1.29, 1.82) is 0 Å². The molecule has 2 amide bonds. The molecular formula is C18H25BrN2O3. The van der Waals surface area contributed by atoms with Crippen molar-refractivity contribution in [3.63, 3.8) is 0 Å². The molecule has 132 valence electrons. The van der Waals surface area contributed by atoms with Crippen molar-refractivity contribution in [3.05, 3.63) is 28.7 Å². The van der Waals surface area contributed by atoms with Crippen LogP contribution in [0.2, 0.25) is 0 Å². The van der Waals surface area contributed by atoms with Crippen LogP contribution in [0.4, 0.5) is 0 Å². The summed E-state index contributed by atoms with van der Waals surface area (Å²) in [6.45, 7) is 2.54. The van der Waals surface area contributed by atoms with Crippen LogP contribution < -0.4 is 10.1 Å². The zero-order valence-electron chi connectivity index (χ0n) is 13.9. The molecule has 6 heteroatoms. The van der Waals surface area contributed by atoms with Gasteiger partial charge in [0, 0.05) is 30.5 Å². The number of ether oxygens (including phenoxy) is 1. The maximum absolute atomic E-state index is 11.9. The Bertz CT molecular complexity index is 551. The van der Waals surface area contributed by atoms with E-state index >= 15 is 0 Å². The van der Waals surface area contributed by atoms with Crippen molar-refractivity contribution in [2.45, 2.75) is 38.5 Å². The molecule has 1 N–H and O–H groups in total. The Hall–Kier alpha value is -1.56. The maximum Gasteiger partial charge on any atom is 0.223 e. The summed E-state index contributed by atoms with van der Waals surface area (Å²) in [5.74, 6) is 0.977. The highest BCUT2D eigenvalue weighted by molar-refractivity contribution is 9.10. The van der Waals surface area contributed by atoms with Gasteiger partial charge in [-0.1, -0.05) is 28.4 Å². The van der Waals surface area contributed by atoms with E-state index in [0.717, 1.165) is 49.0 Å². The predicted molar refractivity (Wildman–Crippen MR) is 96.9 cm³/mol. The van der Waals surface area contributed by atoms with Gasteiger partial charge in [-0.25, -0.2) is 0 Å². The van der Waals surface area contributed by atoms with E-state index in [1.165, 1.54) is 0 Å². The molecule has 1 heterocycles. The summed E-state index contributed by atoms with van der Waals surface area (Å²) in [5.41, 5.74) is 0. The van der Waals surface area contributed by atoms with E-state index in [4.69, 9.17) is 4.74 Å². The van der Waals surface area contributed by atoms with Crippen molar-refractivity contribution >= 4 is 27.7 Å². The minimum absolute atomic E-state index is 0.0211. The SMILES string of the molecule is O=C(CCOc1cccc(Br)c1)NCCCN1CCCCCC1=O. The fraction of sp³-hybridized carbons (Fsp3) is 0.556. The first kappa shape index (κ1) is 18.8. The molecule has 1 aliphatic rings. The first-order chi connectivity index (χ1) is 11.6. The lowest BCUT2D eigenvalue weighted by atomic mass is 10.2. The van der Waals surface area contributed by atoms with Gasteiger partial charge in [0.2, 0.25) is 11.8 Å². The monoisotopic (exact) mass is 396 g/mol. The number of carbonyl (C=O) groups is 2. The topological polar surface area (TPSA) is 58.6 Å². The summed E-state index contributed by atoms with van der Waals surface area (Å²) in [4.78, 5) is 25.6. The quantitative estimate of drug-likeness (QED) is 0.686. The summed E-state index contributed by atoms with van der Waals surface area (Å²) in [7, 11) is 0. The molecule has 1 aromatic rings. The van der Waals surface area contributed by atoms with Crippen molar-refractivity contribution in [2.75, 3.05) is 26.2 Å². The molecule has 1 aliphatic heterocycles. The average molecular weight is 397 g/mol. The number of benzene rings is 1. The highest BCUT2D eigenvalue weighted by Gasteiger charge is 2.15. The van der Waals surface area contributed by atoms with Gasteiger partial charge in [0.05, 0.1) is 13.0 Å². The van der Waals surface area contributed by atoms with Crippen molar-refractivity contribution in [3.8, 4) is 5.75 Å². The molecule has 1 saturated heterocycles. The lowest BCUT2D eigenvalue weighted by molar-refractivity contribution is -0.130. The van der Waals surface area contributed by atoms with Crippen LogP contribution >= 0.6 is 15.9 Å². The van der Waals surface area contributed by atoms with Crippen LogP contribution in [-0.2, 0) is 9.59 Å². The number of carbonyl (C=O) groups excluding carboxylic acids is 2. The van der Waals surface area contributed by atoms with E-state index < -0.39 is 0 Å². The number of likely N-dealkylation sites (tertiary alicyclic amines) is 1. The number of hydrogen-bond acceptors (Lipinski definition) is 3. The molecule has 5 nitrogen and oxygen atoms in total. The van der Waals surface area contributed by atoms with E-state index in [1.807, 2.05) is 29.2 Å². The van der Waals surface area contributed by atoms with Gasteiger partial charge in [0.1, 0.15) is 5.75 Å². The summed E-state index contributed by atoms with van der Waals surface area (Å²) >= 11 is 3.38. The van der Waals surface area contributed by atoms with E-state index in [2.05, 4.69) is 21.2 Å². The largest absolute Gasteiger partial charge is 0.493 e. The second kappa shape index (κ2) is 10.3. The van der Waals surface area contributed by atoms with Crippen LogP contribution in [0.3, 0.4) is 0 Å². The van der Waals surface area contributed by atoms with Gasteiger partial charge in [0.25, 0.3) is 0 Å². The molecule has 0 aromatic heterocycles. The Balaban J connectivity index is 1.55. The predicted octanol–water partition coefficient (Wildman–Crippen LogP) is 3.13. The Labute approximate surface area is 151 Å². The summed E-state index contributed by atoms with van der Waals surface area (Å²) in [6, 6.07) is 7.55. The van der Waals surface area contributed by atoms with Gasteiger partial charge < -0.3 is 15.0 Å². The lowest BCUT2D eigenvalue weighted by Crippen LogP contribution is -2.34.